The number of nitrogens with zero attached hydrogens (tertiary/aromatic N) is 3. The summed E-state index contributed by atoms with van der Waals surface area (Å²) in [5.41, 5.74) is 2.07. The molecule has 0 atom stereocenters. The van der Waals surface area contributed by atoms with Crippen molar-refractivity contribution in [3.63, 3.8) is 0 Å². The van der Waals surface area contributed by atoms with Crippen LogP contribution in [0.2, 0.25) is 0 Å². The van der Waals surface area contributed by atoms with Crippen LogP contribution in [0.1, 0.15) is 13.8 Å². The minimum absolute atomic E-state index is 0.0399. The number of nitrogens with one attached hydrogen (secondary N) is 2. The summed E-state index contributed by atoms with van der Waals surface area (Å²) >= 11 is 0. The van der Waals surface area contributed by atoms with E-state index in [4.69, 9.17) is 0 Å². The smallest absolute Gasteiger partial charge is 0.283 e. The van der Waals surface area contributed by atoms with Crippen molar-refractivity contribution >= 4 is 28.2 Å². The fourth-order valence-electron chi connectivity index (χ4n) is 3.34. The number of hydrogen-bond donors (Lipinski definition) is 3. The summed E-state index contributed by atoms with van der Waals surface area (Å²) in [6.07, 6.45) is 0. The summed E-state index contributed by atoms with van der Waals surface area (Å²) in [5.74, 6) is -0.358. The van der Waals surface area contributed by atoms with Gasteiger partial charge in [-0.25, -0.2) is 0 Å². The van der Waals surface area contributed by atoms with E-state index < -0.39 is 5.91 Å². The zero-order valence-corrected chi connectivity index (χ0v) is 16.9. The molecule has 0 aliphatic carbocycles. The maximum Gasteiger partial charge on any atom is 0.283 e. The van der Waals surface area contributed by atoms with Crippen molar-refractivity contribution in [1.82, 2.24) is 4.57 Å². The Hall–Kier alpha value is -3.19. The van der Waals surface area contributed by atoms with Gasteiger partial charge in [0.2, 0.25) is 5.88 Å². The van der Waals surface area contributed by atoms with Gasteiger partial charge in [-0.15, -0.1) is 10.2 Å². The first-order valence-electron chi connectivity index (χ1n) is 10.0. The number of carbonyl (C=O) groups excluding carboxylic acids is 1. The number of hydrogen-bond acceptors (Lipinski definition) is 4. The third-order valence-corrected chi connectivity index (χ3v) is 5.09. The molecule has 29 heavy (non-hydrogen) atoms. The van der Waals surface area contributed by atoms with Crippen LogP contribution in [-0.2, 0) is 11.3 Å². The van der Waals surface area contributed by atoms with E-state index in [0.29, 0.717) is 12.2 Å². The number of likely N-dealkylation sites (N-methyl/N-ethyl adjacent to an activating group) is 1. The maximum atomic E-state index is 12.1. The minimum atomic E-state index is -0.405. The lowest BCUT2D eigenvalue weighted by Crippen LogP contribution is -3.11. The number of fused-ring (bicyclic) bond motifs is 1. The van der Waals surface area contributed by atoms with E-state index >= 15 is 0 Å². The van der Waals surface area contributed by atoms with Crippen LogP contribution in [0.25, 0.3) is 10.9 Å². The highest BCUT2D eigenvalue weighted by Crippen LogP contribution is 2.38. The molecule has 0 bridgehead atoms. The molecule has 1 heterocycles. The van der Waals surface area contributed by atoms with E-state index in [0.717, 1.165) is 36.2 Å². The van der Waals surface area contributed by atoms with Crippen LogP contribution in [-0.4, -0.2) is 41.8 Å². The highest BCUT2D eigenvalue weighted by atomic mass is 16.3. The summed E-state index contributed by atoms with van der Waals surface area (Å²) < 4.78 is 1.85. The van der Waals surface area contributed by atoms with Crippen molar-refractivity contribution in [2.24, 2.45) is 10.2 Å². The SMILES string of the molecule is CC[NH+](CC)CCn1c(O)c(N=NC(=O)CNc2ccccc2)c2ccccc21. The molecule has 0 unspecified atom stereocenters. The Morgan fingerprint density at radius 1 is 1.07 bits per heavy atom. The predicted molar refractivity (Wildman–Crippen MR) is 115 cm³/mol. The molecule has 2 aromatic carbocycles. The van der Waals surface area contributed by atoms with E-state index in [1.54, 1.807) is 0 Å². The quantitative estimate of drug-likeness (QED) is 0.488. The number of carbonyl (C=O) groups is 1. The molecule has 1 amide bonds. The third-order valence-electron chi connectivity index (χ3n) is 5.09. The van der Waals surface area contributed by atoms with Crippen LogP contribution < -0.4 is 10.2 Å². The van der Waals surface area contributed by atoms with E-state index in [2.05, 4.69) is 29.4 Å². The summed E-state index contributed by atoms with van der Waals surface area (Å²) in [7, 11) is 0. The lowest BCUT2D eigenvalue weighted by molar-refractivity contribution is -0.897. The van der Waals surface area contributed by atoms with Crippen LogP contribution in [0.5, 0.6) is 5.88 Å². The number of azo groups is 1. The molecule has 0 saturated heterocycles. The third kappa shape index (κ3) is 5.00. The minimum Gasteiger partial charge on any atom is -0.493 e. The molecule has 0 aliphatic rings. The Labute approximate surface area is 170 Å². The molecule has 3 rings (SSSR count). The number of quaternary nitrogens is 1. The van der Waals surface area contributed by atoms with Crippen molar-refractivity contribution in [1.29, 1.82) is 0 Å². The molecule has 7 heteroatoms. The Kier molecular flexibility index (Phi) is 6.97. The summed E-state index contributed by atoms with van der Waals surface area (Å²) in [5, 5.41) is 22.5. The molecule has 7 nitrogen and oxygen atoms in total. The van der Waals surface area contributed by atoms with E-state index in [-0.39, 0.29) is 12.4 Å². The van der Waals surface area contributed by atoms with Crippen LogP contribution in [0.3, 0.4) is 0 Å². The second-order valence-corrected chi connectivity index (χ2v) is 6.86. The van der Waals surface area contributed by atoms with Gasteiger partial charge < -0.3 is 19.9 Å². The summed E-state index contributed by atoms with van der Waals surface area (Å²) in [4.78, 5) is 13.6. The van der Waals surface area contributed by atoms with Gasteiger partial charge in [0, 0.05) is 11.1 Å². The average Bonchev–Trinajstić information content (AvgIpc) is 3.03. The first-order chi connectivity index (χ1) is 14.1. The van der Waals surface area contributed by atoms with Gasteiger partial charge in [0.25, 0.3) is 5.91 Å². The topological polar surface area (TPSA) is 83.4 Å². The van der Waals surface area contributed by atoms with Crippen LogP contribution in [0.4, 0.5) is 11.4 Å². The number of benzene rings is 2. The fraction of sp³-hybridized carbons (Fsp3) is 0.318. The van der Waals surface area contributed by atoms with Crippen molar-refractivity contribution in [3.8, 4) is 5.88 Å². The Bertz CT molecular complexity index is 978. The molecule has 0 saturated carbocycles. The van der Waals surface area contributed by atoms with Crippen LogP contribution in [0, 0.1) is 0 Å². The molecule has 152 valence electrons. The highest BCUT2D eigenvalue weighted by Gasteiger charge is 2.17. The number of amides is 1. The molecule has 3 N–H and O–H groups in total. The van der Waals surface area contributed by atoms with Gasteiger partial charge in [0.15, 0.2) is 5.69 Å². The van der Waals surface area contributed by atoms with Crippen molar-refractivity contribution in [3.05, 3.63) is 54.6 Å². The summed E-state index contributed by atoms with van der Waals surface area (Å²) in [6, 6.07) is 17.1. The molecule has 0 aliphatic heterocycles. The number of aromatic nitrogens is 1. The number of rotatable bonds is 9. The van der Waals surface area contributed by atoms with Crippen molar-refractivity contribution < 1.29 is 14.8 Å². The van der Waals surface area contributed by atoms with Gasteiger partial charge >= 0.3 is 0 Å². The molecule has 1 aromatic heterocycles. The largest absolute Gasteiger partial charge is 0.493 e. The Balaban J connectivity index is 1.77. The van der Waals surface area contributed by atoms with Gasteiger partial charge in [-0.2, -0.15) is 0 Å². The second-order valence-electron chi connectivity index (χ2n) is 6.86. The summed E-state index contributed by atoms with van der Waals surface area (Å²) in [6.45, 7) is 7.98. The zero-order chi connectivity index (χ0) is 20.6. The number of anilines is 1. The molecular weight excluding hydrogens is 366 g/mol. The normalized spacial score (nSPS) is 11.6. The lowest BCUT2D eigenvalue weighted by Gasteiger charge is -2.16. The van der Waals surface area contributed by atoms with Crippen molar-refractivity contribution in [2.75, 3.05) is 31.5 Å². The van der Waals surface area contributed by atoms with Gasteiger partial charge in [-0.05, 0) is 32.0 Å². The van der Waals surface area contributed by atoms with Gasteiger partial charge in [-0.1, -0.05) is 36.4 Å². The Morgan fingerprint density at radius 3 is 2.48 bits per heavy atom. The fourth-order valence-corrected chi connectivity index (χ4v) is 3.34. The highest BCUT2D eigenvalue weighted by molar-refractivity contribution is 5.95. The van der Waals surface area contributed by atoms with Crippen LogP contribution in [0.15, 0.2) is 64.8 Å². The number of para-hydroxylation sites is 2. The standard InChI is InChI=1S/C22H27N5O2/c1-3-26(4-2)14-15-27-19-13-9-8-12-18(19)21(22(27)29)25-24-20(28)16-23-17-10-6-5-7-11-17/h5-13,23,29H,3-4,14-16H2,1-2H3/p+1. The Morgan fingerprint density at radius 2 is 1.76 bits per heavy atom. The van der Waals surface area contributed by atoms with Crippen LogP contribution >= 0.6 is 0 Å². The molecule has 0 spiro atoms. The van der Waals surface area contributed by atoms with Gasteiger partial charge in [0.1, 0.15) is 0 Å². The first kappa shape index (κ1) is 20.5. The zero-order valence-electron chi connectivity index (χ0n) is 16.9. The van der Waals surface area contributed by atoms with Gasteiger partial charge in [0.05, 0.1) is 38.2 Å². The first-order valence-corrected chi connectivity index (χ1v) is 10.0. The second kappa shape index (κ2) is 9.84. The monoisotopic (exact) mass is 394 g/mol. The average molecular weight is 394 g/mol. The molecule has 0 fully saturated rings. The van der Waals surface area contributed by atoms with Crippen molar-refractivity contribution in [2.45, 2.75) is 20.4 Å². The lowest BCUT2D eigenvalue weighted by atomic mass is 10.2. The molecule has 3 aromatic rings. The van der Waals surface area contributed by atoms with E-state index in [1.165, 1.54) is 4.90 Å². The molecular formula is C22H28N5O2+. The molecule has 0 radical (unpaired) electrons. The van der Waals surface area contributed by atoms with E-state index in [1.807, 2.05) is 59.2 Å². The predicted octanol–water partition coefficient (Wildman–Crippen LogP) is 2.99. The van der Waals surface area contributed by atoms with E-state index in [9.17, 15) is 9.90 Å². The number of aromatic hydroxyl groups is 1. The van der Waals surface area contributed by atoms with Gasteiger partial charge in [-0.3, -0.25) is 4.79 Å². The maximum absolute atomic E-state index is 12.1.